The topological polar surface area (TPSA) is 64.6 Å². The monoisotopic (exact) mass is 341 g/mol. The largest absolute Gasteiger partial charge is 0.451 e. The number of nitrogens with one attached hydrogen (secondary N) is 1. The van der Waals surface area contributed by atoms with Crippen LogP contribution in [-0.2, 0) is 19.1 Å². The molecule has 1 aromatic carbocycles. The van der Waals surface area contributed by atoms with Crippen LogP contribution >= 0.6 is 15.9 Å². The predicted octanol–water partition coefficient (Wildman–Crippen LogP) is 2.50. The molecule has 5 nitrogen and oxygen atoms in total. The summed E-state index contributed by atoms with van der Waals surface area (Å²) in [7, 11) is 0. The van der Waals surface area contributed by atoms with Crippen LogP contribution in [0.3, 0.4) is 0 Å². The molecule has 0 spiro atoms. The summed E-state index contributed by atoms with van der Waals surface area (Å²) in [6.45, 7) is 2.11. The first-order valence-electron chi connectivity index (χ1n) is 6.45. The summed E-state index contributed by atoms with van der Waals surface area (Å²) in [4.78, 5) is 23.7. The van der Waals surface area contributed by atoms with Crippen LogP contribution in [0.4, 0.5) is 5.69 Å². The van der Waals surface area contributed by atoms with Crippen molar-refractivity contribution in [2.24, 2.45) is 0 Å². The summed E-state index contributed by atoms with van der Waals surface area (Å²) in [6.07, 6.45) is 0.110. The zero-order valence-corrected chi connectivity index (χ0v) is 12.7. The summed E-state index contributed by atoms with van der Waals surface area (Å²) in [5.74, 6) is -0.839. The van der Waals surface area contributed by atoms with Crippen LogP contribution in [0.2, 0.25) is 0 Å². The van der Waals surface area contributed by atoms with Crippen LogP contribution in [0, 0.1) is 0 Å². The minimum Gasteiger partial charge on any atom is -0.451 e. The molecule has 1 amide bonds. The molecule has 0 unspecified atom stereocenters. The van der Waals surface area contributed by atoms with E-state index < -0.39 is 18.2 Å². The third-order valence-electron chi connectivity index (χ3n) is 2.95. The first-order valence-corrected chi connectivity index (χ1v) is 7.24. The van der Waals surface area contributed by atoms with Crippen LogP contribution in [0.1, 0.15) is 19.8 Å². The number of amides is 1. The average Bonchev–Trinajstić information content (AvgIpc) is 2.92. The number of carbonyl (C=O) groups is 2. The van der Waals surface area contributed by atoms with Gasteiger partial charge >= 0.3 is 5.97 Å². The molecule has 1 aliphatic heterocycles. The number of esters is 1. The molecule has 1 saturated heterocycles. The van der Waals surface area contributed by atoms with Crippen molar-refractivity contribution < 1.29 is 19.1 Å². The van der Waals surface area contributed by atoms with Crippen molar-refractivity contribution in [1.82, 2.24) is 0 Å². The molecular formula is C14H16BrNO4. The third-order valence-corrected chi connectivity index (χ3v) is 3.44. The Labute approximate surface area is 125 Å². The normalized spacial score (nSPS) is 19.4. The maximum Gasteiger partial charge on any atom is 0.336 e. The number of hydrogen-bond acceptors (Lipinski definition) is 4. The van der Waals surface area contributed by atoms with Crippen LogP contribution in [0.5, 0.6) is 0 Å². The Kier molecular flexibility index (Phi) is 5.14. The fourth-order valence-electron chi connectivity index (χ4n) is 1.88. The van der Waals surface area contributed by atoms with Crippen molar-refractivity contribution in [3.05, 3.63) is 28.7 Å². The number of rotatable bonds is 4. The second-order valence-corrected chi connectivity index (χ2v) is 5.50. The van der Waals surface area contributed by atoms with Crippen LogP contribution in [0.15, 0.2) is 28.7 Å². The van der Waals surface area contributed by atoms with E-state index in [1.165, 1.54) is 0 Å². The van der Waals surface area contributed by atoms with E-state index in [2.05, 4.69) is 21.2 Å². The lowest BCUT2D eigenvalue weighted by atomic mass is 10.2. The molecule has 1 aromatic rings. The molecular weight excluding hydrogens is 326 g/mol. The van der Waals surface area contributed by atoms with Crippen LogP contribution in [-0.4, -0.2) is 30.7 Å². The van der Waals surface area contributed by atoms with Gasteiger partial charge in [0.15, 0.2) is 12.2 Å². The van der Waals surface area contributed by atoms with Crippen molar-refractivity contribution in [3.63, 3.8) is 0 Å². The Morgan fingerprint density at radius 3 is 2.95 bits per heavy atom. The maximum atomic E-state index is 11.9. The van der Waals surface area contributed by atoms with E-state index in [1.807, 2.05) is 12.1 Å². The molecule has 0 aliphatic carbocycles. The van der Waals surface area contributed by atoms with Gasteiger partial charge in [0.1, 0.15) is 0 Å². The van der Waals surface area contributed by atoms with Gasteiger partial charge in [-0.05, 0) is 38.0 Å². The molecule has 0 aromatic heterocycles. The van der Waals surface area contributed by atoms with Gasteiger partial charge in [0.2, 0.25) is 0 Å². The fourth-order valence-corrected chi connectivity index (χ4v) is 2.28. The van der Waals surface area contributed by atoms with Gasteiger partial charge in [-0.15, -0.1) is 0 Å². The third kappa shape index (κ3) is 4.05. The maximum absolute atomic E-state index is 11.9. The number of anilines is 1. The lowest BCUT2D eigenvalue weighted by Gasteiger charge is -2.16. The molecule has 20 heavy (non-hydrogen) atoms. The van der Waals surface area contributed by atoms with E-state index >= 15 is 0 Å². The minimum atomic E-state index is -0.856. The molecule has 1 fully saturated rings. The van der Waals surface area contributed by atoms with Gasteiger partial charge in [0.05, 0.1) is 0 Å². The Morgan fingerprint density at radius 2 is 2.30 bits per heavy atom. The zero-order chi connectivity index (χ0) is 14.5. The Balaban J connectivity index is 1.86. The molecule has 1 aliphatic rings. The molecule has 1 N–H and O–H groups in total. The number of carbonyl (C=O) groups excluding carboxylic acids is 2. The Hall–Kier alpha value is -1.40. The molecule has 1 heterocycles. The first kappa shape index (κ1) is 15.0. The van der Waals surface area contributed by atoms with Crippen molar-refractivity contribution in [1.29, 1.82) is 0 Å². The Bertz CT molecular complexity index is 500. The second kappa shape index (κ2) is 6.85. The molecule has 108 valence electrons. The van der Waals surface area contributed by atoms with E-state index in [4.69, 9.17) is 9.47 Å². The quantitative estimate of drug-likeness (QED) is 0.854. The van der Waals surface area contributed by atoms with Gasteiger partial charge < -0.3 is 14.8 Å². The Morgan fingerprint density at radius 1 is 1.50 bits per heavy atom. The van der Waals surface area contributed by atoms with Crippen molar-refractivity contribution in [2.45, 2.75) is 32.0 Å². The molecule has 0 radical (unpaired) electrons. The molecule has 2 atom stereocenters. The number of halogens is 1. The van der Waals surface area contributed by atoms with Gasteiger partial charge in [0.25, 0.3) is 5.91 Å². The highest BCUT2D eigenvalue weighted by Crippen LogP contribution is 2.17. The summed E-state index contributed by atoms with van der Waals surface area (Å²) in [5, 5.41) is 2.69. The summed E-state index contributed by atoms with van der Waals surface area (Å²) < 4.78 is 11.2. The van der Waals surface area contributed by atoms with Gasteiger partial charge in [-0.25, -0.2) is 4.79 Å². The van der Waals surface area contributed by atoms with E-state index in [1.54, 1.807) is 19.1 Å². The molecule has 6 heteroatoms. The first-order chi connectivity index (χ1) is 9.56. The average molecular weight is 342 g/mol. The van der Waals surface area contributed by atoms with Gasteiger partial charge in [-0.2, -0.15) is 0 Å². The fraction of sp³-hybridized carbons (Fsp3) is 0.429. The summed E-state index contributed by atoms with van der Waals surface area (Å²) in [5.41, 5.74) is 0.643. The van der Waals surface area contributed by atoms with E-state index in [0.29, 0.717) is 18.7 Å². The van der Waals surface area contributed by atoms with Crippen molar-refractivity contribution in [3.8, 4) is 0 Å². The number of ether oxygens (including phenoxy) is 2. The smallest absolute Gasteiger partial charge is 0.336 e. The zero-order valence-electron chi connectivity index (χ0n) is 11.1. The van der Waals surface area contributed by atoms with Crippen molar-refractivity contribution >= 4 is 33.5 Å². The van der Waals surface area contributed by atoms with E-state index in [-0.39, 0.29) is 5.91 Å². The highest BCUT2D eigenvalue weighted by Gasteiger charge is 2.28. The predicted molar refractivity (Wildman–Crippen MR) is 77.3 cm³/mol. The summed E-state index contributed by atoms with van der Waals surface area (Å²) in [6, 6.07) is 7.20. The van der Waals surface area contributed by atoms with Crippen LogP contribution in [0.25, 0.3) is 0 Å². The summed E-state index contributed by atoms with van der Waals surface area (Å²) >= 11 is 3.32. The minimum absolute atomic E-state index is 0.366. The lowest BCUT2D eigenvalue weighted by molar-refractivity contribution is -0.162. The van der Waals surface area contributed by atoms with E-state index in [9.17, 15) is 9.59 Å². The van der Waals surface area contributed by atoms with Gasteiger partial charge in [-0.1, -0.05) is 22.0 Å². The van der Waals surface area contributed by atoms with Gasteiger partial charge in [-0.3, -0.25) is 4.79 Å². The highest BCUT2D eigenvalue weighted by atomic mass is 79.9. The second-order valence-electron chi connectivity index (χ2n) is 4.58. The molecule has 0 bridgehead atoms. The molecule has 2 rings (SSSR count). The standard InChI is InChI=1S/C14H16BrNO4/c1-9(20-14(18)12-6-3-7-19-12)13(17)16-11-5-2-4-10(15)8-11/h2,4-5,8-9,12H,3,6-7H2,1H3,(H,16,17)/t9-,12-/m0/s1. The van der Waals surface area contributed by atoms with Gasteiger partial charge in [0, 0.05) is 16.8 Å². The SMILES string of the molecule is C[C@H](OC(=O)[C@@H]1CCCO1)C(=O)Nc1cccc(Br)c1. The number of benzene rings is 1. The lowest BCUT2D eigenvalue weighted by Crippen LogP contribution is -2.33. The van der Waals surface area contributed by atoms with Crippen molar-refractivity contribution in [2.75, 3.05) is 11.9 Å². The highest BCUT2D eigenvalue weighted by molar-refractivity contribution is 9.10. The van der Waals surface area contributed by atoms with Crippen LogP contribution < -0.4 is 5.32 Å². The van der Waals surface area contributed by atoms with E-state index in [0.717, 1.165) is 10.9 Å². The number of hydrogen-bond donors (Lipinski definition) is 1. The molecule has 0 saturated carbocycles.